The van der Waals surface area contributed by atoms with Crippen LogP contribution in [0.2, 0.25) is 0 Å². The normalized spacial score (nSPS) is 19.5. The lowest BCUT2D eigenvalue weighted by Gasteiger charge is -2.48. The molecule has 0 bridgehead atoms. The van der Waals surface area contributed by atoms with Crippen molar-refractivity contribution in [3.63, 3.8) is 0 Å². The second-order valence-electron chi connectivity index (χ2n) is 8.46. The molecule has 31 heavy (non-hydrogen) atoms. The zero-order valence-corrected chi connectivity index (χ0v) is 18.3. The molecule has 0 radical (unpaired) electrons. The number of fused-ring (bicyclic) bond motifs is 1. The first-order valence-corrected chi connectivity index (χ1v) is 11.8. The second-order valence-corrected chi connectivity index (χ2v) is 9.46. The lowest BCUT2D eigenvalue weighted by atomic mass is 9.83. The van der Waals surface area contributed by atoms with Crippen molar-refractivity contribution < 1.29 is 9.59 Å². The summed E-state index contributed by atoms with van der Waals surface area (Å²) in [6.07, 6.45) is 10.3. The summed E-state index contributed by atoms with van der Waals surface area (Å²) in [4.78, 5) is 36.3. The Hall–Kier alpha value is -2.71. The van der Waals surface area contributed by atoms with Crippen molar-refractivity contribution in [2.75, 3.05) is 26.2 Å². The van der Waals surface area contributed by atoms with Crippen molar-refractivity contribution in [3.05, 3.63) is 47.7 Å². The minimum Gasteiger partial charge on any atom is -0.368 e. The second kappa shape index (κ2) is 8.09. The molecular formula is C23H27N5O2S. The number of likely N-dealkylation sites (tertiary alicyclic amines) is 2. The van der Waals surface area contributed by atoms with Gasteiger partial charge in [-0.25, -0.2) is 4.98 Å². The molecule has 2 fully saturated rings. The molecule has 162 valence electrons. The van der Waals surface area contributed by atoms with Gasteiger partial charge in [-0.15, -0.1) is 11.3 Å². The molecule has 0 unspecified atom stereocenters. The molecule has 2 saturated heterocycles. The monoisotopic (exact) mass is 437 g/mol. The van der Waals surface area contributed by atoms with Crippen molar-refractivity contribution in [2.45, 2.75) is 37.6 Å². The van der Waals surface area contributed by atoms with E-state index in [0.29, 0.717) is 30.8 Å². The van der Waals surface area contributed by atoms with E-state index in [1.165, 1.54) is 17.8 Å². The van der Waals surface area contributed by atoms with Crippen LogP contribution in [-0.2, 0) is 4.79 Å². The molecule has 2 N–H and O–H groups in total. The van der Waals surface area contributed by atoms with E-state index in [1.807, 2.05) is 46.1 Å². The first kappa shape index (κ1) is 20.2. The topological polar surface area (TPSA) is 84.5 Å². The number of nitrogens with two attached hydrogens (primary N) is 1. The van der Waals surface area contributed by atoms with Crippen molar-refractivity contribution in [3.8, 4) is 5.69 Å². The number of carbonyl (C=O) groups is 2. The molecule has 7 nitrogen and oxygen atoms in total. The fourth-order valence-corrected chi connectivity index (χ4v) is 6.18. The van der Waals surface area contributed by atoms with Gasteiger partial charge in [-0.05, 0) is 63.0 Å². The molecule has 0 spiro atoms. The predicted molar refractivity (Wildman–Crippen MR) is 121 cm³/mol. The number of piperidine rings is 2. The van der Waals surface area contributed by atoms with Gasteiger partial charge in [0, 0.05) is 37.1 Å². The summed E-state index contributed by atoms with van der Waals surface area (Å²) in [5.74, 6) is -0.246. The number of pyridine rings is 1. The van der Waals surface area contributed by atoms with Crippen LogP contribution < -0.4 is 5.73 Å². The minimum absolute atomic E-state index is 0.00316. The Kier molecular flexibility index (Phi) is 5.27. The molecule has 3 aromatic heterocycles. The standard InChI is InChI=1S/C23H27N5O2S/c24-22(30)23(28-13-2-1-3-14-28)8-15-27(16-9-23)21(29)19-18(26-11-4-5-12-26)17-7-6-10-25-20(17)31-19/h4-7,10-12H,1-3,8-9,13-16H2,(H2,24,30). The average Bonchev–Trinajstić information content (AvgIpc) is 3.46. The highest BCUT2D eigenvalue weighted by molar-refractivity contribution is 7.21. The molecule has 2 aliphatic rings. The molecule has 2 aliphatic heterocycles. The van der Waals surface area contributed by atoms with E-state index in [4.69, 9.17) is 5.73 Å². The Balaban J connectivity index is 1.43. The van der Waals surface area contributed by atoms with Gasteiger partial charge in [0.05, 0.1) is 5.69 Å². The fourth-order valence-electron chi connectivity index (χ4n) is 5.07. The largest absolute Gasteiger partial charge is 0.368 e. The zero-order valence-electron chi connectivity index (χ0n) is 17.5. The van der Waals surface area contributed by atoms with Crippen LogP contribution in [0.15, 0.2) is 42.9 Å². The van der Waals surface area contributed by atoms with Gasteiger partial charge in [-0.2, -0.15) is 0 Å². The van der Waals surface area contributed by atoms with Crippen LogP contribution in [0.4, 0.5) is 0 Å². The summed E-state index contributed by atoms with van der Waals surface area (Å²) in [5, 5.41) is 0.976. The van der Waals surface area contributed by atoms with Crippen LogP contribution in [0.5, 0.6) is 0 Å². The van der Waals surface area contributed by atoms with Gasteiger partial charge in [0.1, 0.15) is 15.2 Å². The summed E-state index contributed by atoms with van der Waals surface area (Å²) in [6.45, 7) is 2.89. The van der Waals surface area contributed by atoms with E-state index < -0.39 is 5.54 Å². The van der Waals surface area contributed by atoms with Crippen molar-refractivity contribution in [2.24, 2.45) is 5.73 Å². The SMILES string of the molecule is NC(=O)C1(N2CCCCC2)CCN(C(=O)c2sc3ncccc3c2-n2cccc2)CC1. The number of thiophene rings is 1. The summed E-state index contributed by atoms with van der Waals surface area (Å²) in [5.41, 5.74) is 6.17. The number of hydrogen-bond acceptors (Lipinski definition) is 5. The lowest BCUT2D eigenvalue weighted by molar-refractivity contribution is -0.134. The van der Waals surface area contributed by atoms with E-state index in [1.54, 1.807) is 6.20 Å². The highest BCUT2D eigenvalue weighted by atomic mass is 32.1. The highest BCUT2D eigenvalue weighted by Crippen LogP contribution is 2.36. The van der Waals surface area contributed by atoms with Crippen LogP contribution in [0.3, 0.4) is 0 Å². The maximum atomic E-state index is 13.6. The van der Waals surface area contributed by atoms with Gasteiger partial charge in [-0.3, -0.25) is 14.5 Å². The Labute approximate surface area is 185 Å². The van der Waals surface area contributed by atoms with Crippen molar-refractivity contribution >= 4 is 33.4 Å². The van der Waals surface area contributed by atoms with Crippen LogP contribution in [0.1, 0.15) is 41.8 Å². The summed E-state index contributed by atoms with van der Waals surface area (Å²) < 4.78 is 1.99. The molecule has 2 amide bonds. The first-order chi connectivity index (χ1) is 15.1. The number of carbonyl (C=O) groups excluding carboxylic acids is 2. The van der Waals surface area contributed by atoms with Crippen molar-refractivity contribution in [1.82, 2.24) is 19.4 Å². The van der Waals surface area contributed by atoms with Gasteiger partial charge in [0.15, 0.2) is 0 Å². The third-order valence-electron chi connectivity index (χ3n) is 6.79. The first-order valence-electron chi connectivity index (χ1n) is 11.0. The van der Waals surface area contributed by atoms with Gasteiger partial charge >= 0.3 is 0 Å². The van der Waals surface area contributed by atoms with E-state index >= 15 is 0 Å². The third-order valence-corrected chi connectivity index (χ3v) is 7.89. The van der Waals surface area contributed by atoms with Gasteiger partial charge in [-0.1, -0.05) is 6.42 Å². The molecular weight excluding hydrogens is 410 g/mol. The van der Waals surface area contributed by atoms with Gasteiger partial charge in [0.2, 0.25) is 5.91 Å². The van der Waals surface area contributed by atoms with E-state index in [-0.39, 0.29) is 11.8 Å². The quantitative estimate of drug-likeness (QED) is 0.680. The molecule has 5 heterocycles. The Morgan fingerprint density at radius 1 is 1.00 bits per heavy atom. The van der Waals surface area contributed by atoms with Gasteiger partial charge in [0.25, 0.3) is 5.91 Å². The minimum atomic E-state index is -0.623. The molecule has 0 saturated carbocycles. The number of hydrogen-bond donors (Lipinski definition) is 1. The number of aromatic nitrogens is 2. The Morgan fingerprint density at radius 3 is 2.39 bits per heavy atom. The highest BCUT2D eigenvalue weighted by Gasteiger charge is 2.46. The Bertz CT molecular complexity index is 1090. The van der Waals surface area contributed by atoms with E-state index in [9.17, 15) is 9.59 Å². The number of nitrogens with zero attached hydrogens (tertiary/aromatic N) is 4. The predicted octanol–water partition coefficient (Wildman–Crippen LogP) is 3.03. The molecule has 3 aromatic rings. The molecule has 5 rings (SSSR count). The van der Waals surface area contributed by atoms with Crippen LogP contribution in [0, 0.1) is 0 Å². The van der Waals surface area contributed by atoms with Crippen LogP contribution in [-0.4, -0.2) is 62.9 Å². The maximum Gasteiger partial charge on any atom is 0.266 e. The average molecular weight is 438 g/mol. The molecule has 0 aromatic carbocycles. The zero-order chi connectivity index (χ0) is 21.4. The molecule has 8 heteroatoms. The van der Waals surface area contributed by atoms with E-state index in [0.717, 1.165) is 41.8 Å². The molecule has 0 aliphatic carbocycles. The summed E-state index contributed by atoms with van der Waals surface area (Å²) in [7, 11) is 0. The number of rotatable bonds is 4. The number of primary amides is 1. The van der Waals surface area contributed by atoms with Crippen LogP contribution in [0.25, 0.3) is 15.9 Å². The summed E-state index contributed by atoms with van der Waals surface area (Å²) in [6, 6.07) is 7.82. The lowest BCUT2D eigenvalue weighted by Crippen LogP contribution is -2.63. The van der Waals surface area contributed by atoms with Crippen molar-refractivity contribution in [1.29, 1.82) is 0 Å². The van der Waals surface area contributed by atoms with E-state index in [2.05, 4.69) is 9.88 Å². The summed E-state index contributed by atoms with van der Waals surface area (Å²) >= 11 is 1.43. The third kappa shape index (κ3) is 3.43. The maximum absolute atomic E-state index is 13.6. The smallest absolute Gasteiger partial charge is 0.266 e. The Morgan fingerprint density at radius 2 is 1.71 bits per heavy atom. The van der Waals surface area contributed by atoms with Crippen LogP contribution >= 0.6 is 11.3 Å². The van der Waals surface area contributed by atoms with Gasteiger partial charge < -0.3 is 15.2 Å². The number of amides is 2. The molecule has 0 atom stereocenters. The fraction of sp³-hybridized carbons (Fsp3) is 0.435.